The molecule has 2 N–H and O–H groups in total. The zero-order chi connectivity index (χ0) is 31.8. The Bertz CT molecular complexity index is 1700. The second-order valence-electron chi connectivity index (χ2n) is 12.7. The quantitative estimate of drug-likeness (QED) is 0.178. The number of rotatable bonds is 7. The third-order valence-electron chi connectivity index (χ3n) is 8.93. The normalized spacial score (nSPS) is 15.0. The fourth-order valence-corrected chi connectivity index (χ4v) is 6.97. The average Bonchev–Trinajstić information content (AvgIpc) is 3.46. The first-order valence-corrected chi connectivity index (χ1v) is 15.7. The smallest absolute Gasteiger partial charge is 0.407 e. The van der Waals surface area contributed by atoms with E-state index in [1.54, 1.807) is 4.90 Å². The molecule has 0 fully saturated rings. The van der Waals surface area contributed by atoms with E-state index in [1.807, 2.05) is 73.7 Å². The standard InChI is InChI=1S/C38H38ClN3O3/c1-25-22-33(29(23-30(25)39)37(2,3)4)45-24-32-34-31(40-41-32)20-21-42(36(43)44)35(34)38(26-14-8-5-9-15-26,27-16-10-6-11-17-27)28-18-12-7-13-19-28/h5-19,22-23,35H,20-21,24H2,1-4H3,(H,40,41)(H,43,44). The number of hydrogen-bond donors (Lipinski definition) is 2. The Morgan fingerprint density at radius 1 is 0.933 bits per heavy atom. The summed E-state index contributed by atoms with van der Waals surface area (Å²) >= 11 is 6.54. The number of carbonyl (C=O) groups is 1. The maximum absolute atomic E-state index is 13.2. The van der Waals surface area contributed by atoms with Crippen LogP contribution in [-0.2, 0) is 23.9 Å². The third-order valence-corrected chi connectivity index (χ3v) is 9.33. The van der Waals surface area contributed by atoms with E-state index in [0.717, 1.165) is 44.8 Å². The van der Waals surface area contributed by atoms with Gasteiger partial charge < -0.3 is 9.84 Å². The van der Waals surface area contributed by atoms with Gasteiger partial charge >= 0.3 is 6.09 Å². The van der Waals surface area contributed by atoms with Crippen LogP contribution in [-0.4, -0.2) is 32.8 Å². The highest BCUT2D eigenvalue weighted by atomic mass is 35.5. The summed E-state index contributed by atoms with van der Waals surface area (Å²) in [5.74, 6) is 0.740. The SMILES string of the molecule is Cc1cc(OCc2n[nH]c3c2C(C(c2ccccc2)(c2ccccc2)c2ccccc2)N(C(=O)O)CC3)c(C(C)(C)C)cc1Cl. The maximum Gasteiger partial charge on any atom is 0.407 e. The lowest BCUT2D eigenvalue weighted by molar-refractivity contribution is 0.102. The molecular weight excluding hydrogens is 582 g/mol. The number of nitrogens with one attached hydrogen (secondary N) is 1. The summed E-state index contributed by atoms with van der Waals surface area (Å²) < 4.78 is 6.58. The molecule has 6 rings (SSSR count). The van der Waals surface area contributed by atoms with Gasteiger partial charge in [-0.1, -0.05) is 123 Å². The molecule has 1 atom stereocenters. The van der Waals surface area contributed by atoms with Gasteiger partial charge in [0.15, 0.2) is 0 Å². The van der Waals surface area contributed by atoms with Crippen molar-refractivity contribution < 1.29 is 14.6 Å². The third kappa shape index (κ3) is 5.48. The van der Waals surface area contributed by atoms with E-state index < -0.39 is 17.6 Å². The summed E-state index contributed by atoms with van der Waals surface area (Å²) in [5, 5.41) is 19.6. The molecule has 2 heterocycles. The second kappa shape index (κ2) is 12.1. The van der Waals surface area contributed by atoms with E-state index in [2.05, 4.69) is 62.3 Å². The topological polar surface area (TPSA) is 78.5 Å². The van der Waals surface area contributed by atoms with Gasteiger partial charge in [-0.05, 0) is 46.7 Å². The number of hydrogen-bond acceptors (Lipinski definition) is 3. The Morgan fingerprint density at radius 2 is 1.47 bits per heavy atom. The molecule has 7 heteroatoms. The number of ether oxygens (including phenoxy) is 1. The summed E-state index contributed by atoms with van der Waals surface area (Å²) in [6.07, 6.45) is -0.457. The number of aromatic nitrogens is 2. The zero-order valence-corrected chi connectivity index (χ0v) is 26.8. The zero-order valence-electron chi connectivity index (χ0n) is 26.0. The lowest BCUT2D eigenvalue weighted by Gasteiger charge is -2.48. The molecule has 1 unspecified atom stereocenters. The van der Waals surface area contributed by atoms with Crippen molar-refractivity contribution in [3.63, 3.8) is 0 Å². The highest BCUT2D eigenvalue weighted by Gasteiger charge is 2.52. The van der Waals surface area contributed by atoms with Gasteiger partial charge in [-0.3, -0.25) is 10.00 Å². The van der Waals surface area contributed by atoms with Crippen LogP contribution < -0.4 is 4.74 Å². The van der Waals surface area contributed by atoms with Crippen LogP contribution in [0.15, 0.2) is 103 Å². The molecule has 0 spiro atoms. The Balaban J connectivity index is 1.59. The lowest BCUT2D eigenvalue weighted by atomic mass is 9.61. The Labute approximate surface area is 269 Å². The number of aryl methyl sites for hydroxylation is 1. The van der Waals surface area contributed by atoms with Gasteiger partial charge in [0.25, 0.3) is 0 Å². The second-order valence-corrected chi connectivity index (χ2v) is 13.1. The molecule has 0 bridgehead atoms. The molecular formula is C38H38ClN3O3. The molecule has 1 aliphatic heterocycles. The van der Waals surface area contributed by atoms with Crippen LogP contribution in [0, 0.1) is 6.92 Å². The number of benzene rings is 4. The van der Waals surface area contributed by atoms with Crippen molar-refractivity contribution in [1.29, 1.82) is 0 Å². The largest absolute Gasteiger partial charge is 0.487 e. The molecule has 0 radical (unpaired) electrons. The molecule has 0 saturated carbocycles. The first-order chi connectivity index (χ1) is 21.6. The monoisotopic (exact) mass is 619 g/mol. The number of amides is 1. The van der Waals surface area contributed by atoms with Gasteiger partial charge in [-0.2, -0.15) is 5.10 Å². The van der Waals surface area contributed by atoms with Gasteiger partial charge in [-0.25, -0.2) is 4.79 Å². The summed E-state index contributed by atoms with van der Waals surface area (Å²) in [6, 6.07) is 33.9. The van der Waals surface area contributed by atoms with E-state index in [1.165, 1.54) is 0 Å². The molecule has 5 aromatic rings. The highest BCUT2D eigenvalue weighted by molar-refractivity contribution is 6.31. The van der Waals surface area contributed by atoms with Crippen molar-refractivity contribution in [1.82, 2.24) is 15.1 Å². The van der Waals surface area contributed by atoms with Gasteiger partial charge in [0.2, 0.25) is 0 Å². The number of H-pyrrole nitrogens is 1. The summed E-state index contributed by atoms with van der Waals surface area (Å²) in [6.45, 7) is 8.85. The molecule has 230 valence electrons. The molecule has 0 aliphatic carbocycles. The predicted octanol–water partition coefficient (Wildman–Crippen LogP) is 8.86. The molecule has 4 aromatic carbocycles. The van der Waals surface area contributed by atoms with Crippen LogP contribution in [0.1, 0.15) is 71.6 Å². The summed E-state index contributed by atoms with van der Waals surface area (Å²) in [5.41, 5.74) is 6.24. The maximum atomic E-state index is 13.2. The average molecular weight is 620 g/mol. The molecule has 45 heavy (non-hydrogen) atoms. The molecule has 0 saturated heterocycles. The fraction of sp³-hybridized carbons (Fsp3) is 0.263. The number of nitrogens with zero attached hydrogens (tertiary/aromatic N) is 2. The van der Waals surface area contributed by atoms with Crippen molar-refractivity contribution in [3.05, 3.63) is 153 Å². The van der Waals surface area contributed by atoms with Gasteiger partial charge in [0, 0.05) is 34.8 Å². The van der Waals surface area contributed by atoms with E-state index in [4.69, 9.17) is 21.4 Å². The van der Waals surface area contributed by atoms with Gasteiger partial charge in [0.05, 0.1) is 11.5 Å². The van der Waals surface area contributed by atoms with Crippen molar-refractivity contribution >= 4 is 17.7 Å². The molecule has 6 nitrogen and oxygen atoms in total. The van der Waals surface area contributed by atoms with Crippen molar-refractivity contribution in [2.24, 2.45) is 0 Å². The summed E-state index contributed by atoms with van der Waals surface area (Å²) in [4.78, 5) is 14.8. The lowest BCUT2D eigenvalue weighted by Crippen LogP contribution is -2.51. The molecule has 1 aromatic heterocycles. The van der Waals surface area contributed by atoms with Crippen LogP contribution in [0.5, 0.6) is 5.75 Å². The van der Waals surface area contributed by atoms with Crippen LogP contribution >= 0.6 is 11.6 Å². The van der Waals surface area contributed by atoms with E-state index in [-0.39, 0.29) is 12.0 Å². The number of aromatic amines is 1. The Morgan fingerprint density at radius 3 is 1.96 bits per heavy atom. The van der Waals surface area contributed by atoms with Crippen LogP contribution in [0.4, 0.5) is 4.79 Å². The number of fused-ring (bicyclic) bond motifs is 1. The molecule has 1 amide bonds. The Kier molecular flexibility index (Phi) is 8.19. The minimum absolute atomic E-state index is 0.161. The van der Waals surface area contributed by atoms with E-state index >= 15 is 0 Å². The highest BCUT2D eigenvalue weighted by Crippen LogP contribution is 2.53. The Hall–Kier alpha value is -4.55. The van der Waals surface area contributed by atoms with Crippen molar-refractivity contribution in [3.8, 4) is 5.75 Å². The number of carboxylic acid groups (broad SMARTS) is 1. The van der Waals surface area contributed by atoms with Crippen LogP contribution in [0.2, 0.25) is 5.02 Å². The predicted molar refractivity (Wildman–Crippen MR) is 178 cm³/mol. The van der Waals surface area contributed by atoms with Crippen molar-refractivity contribution in [2.45, 2.75) is 57.6 Å². The fourth-order valence-electron chi connectivity index (χ4n) is 6.81. The molecule has 1 aliphatic rings. The summed E-state index contributed by atoms with van der Waals surface area (Å²) in [7, 11) is 0. The van der Waals surface area contributed by atoms with E-state index in [9.17, 15) is 9.90 Å². The number of halogens is 1. The minimum atomic E-state index is -0.978. The van der Waals surface area contributed by atoms with Gasteiger partial charge in [0.1, 0.15) is 18.1 Å². The van der Waals surface area contributed by atoms with Gasteiger partial charge in [-0.15, -0.1) is 0 Å². The van der Waals surface area contributed by atoms with Crippen molar-refractivity contribution in [2.75, 3.05) is 6.54 Å². The first kappa shape index (κ1) is 30.5. The van der Waals surface area contributed by atoms with E-state index in [0.29, 0.717) is 23.7 Å². The first-order valence-electron chi connectivity index (χ1n) is 15.3. The van der Waals surface area contributed by atoms with Crippen LogP contribution in [0.25, 0.3) is 0 Å². The minimum Gasteiger partial charge on any atom is -0.487 e. The van der Waals surface area contributed by atoms with Crippen LogP contribution in [0.3, 0.4) is 0 Å².